The number of allylic oxidation sites excluding steroid dienone is 2. The summed E-state index contributed by atoms with van der Waals surface area (Å²) in [4.78, 5) is 24.1. The Morgan fingerprint density at radius 2 is 1.91 bits per heavy atom. The Balaban J connectivity index is 2.65. The van der Waals surface area contributed by atoms with Gasteiger partial charge in [0.25, 0.3) is 0 Å². The van der Waals surface area contributed by atoms with Crippen LogP contribution in [0.2, 0.25) is 5.02 Å². The van der Waals surface area contributed by atoms with Gasteiger partial charge in [0, 0.05) is 16.4 Å². The zero-order valence-corrected chi connectivity index (χ0v) is 13.9. The zero-order chi connectivity index (χ0) is 17.1. The van der Waals surface area contributed by atoms with Gasteiger partial charge in [0.15, 0.2) is 0 Å². The monoisotopic (exact) mass is 335 g/mol. The van der Waals surface area contributed by atoms with Gasteiger partial charge in [0.05, 0.1) is 23.7 Å². The number of nitrogens with one attached hydrogen (secondary N) is 1. The fourth-order valence-electron chi connectivity index (χ4n) is 2.78. The van der Waals surface area contributed by atoms with Crippen LogP contribution in [0.5, 0.6) is 0 Å². The first-order valence-corrected chi connectivity index (χ1v) is 7.59. The molecule has 6 heteroatoms. The third kappa shape index (κ3) is 3.40. The third-order valence-corrected chi connectivity index (χ3v) is 3.90. The van der Waals surface area contributed by atoms with Crippen LogP contribution < -0.4 is 5.32 Å². The summed E-state index contributed by atoms with van der Waals surface area (Å²) in [5.41, 5.74) is 2.11. The number of rotatable bonds is 4. The summed E-state index contributed by atoms with van der Waals surface area (Å²) in [6.07, 6.45) is 0. The smallest absolute Gasteiger partial charge is 0.336 e. The van der Waals surface area contributed by atoms with E-state index in [-0.39, 0.29) is 17.8 Å². The molecule has 0 spiro atoms. The number of hydrogen-bond acceptors (Lipinski definition) is 4. The lowest BCUT2D eigenvalue weighted by Gasteiger charge is -2.29. The molecule has 0 saturated heterocycles. The largest absolute Gasteiger partial charge is 0.478 e. The quantitative estimate of drug-likeness (QED) is 0.826. The Hall–Kier alpha value is -2.27. The Kier molecular flexibility index (Phi) is 5.11. The molecule has 0 radical (unpaired) electrons. The number of aliphatic carboxylic acids is 1. The van der Waals surface area contributed by atoms with Crippen molar-refractivity contribution in [2.75, 3.05) is 6.61 Å². The van der Waals surface area contributed by atoms with Crippen LogP contribution in [0.25, 0.3) is 0 Å². The van der Waals surface area contributed by atoms with E-state index < -0.39 is 17.9 Å². The van der Waals surface area contributed by atoms with Crippen molar-refractivity contribution in [1.82, 2.24) is 5.32 Å². The second-order valence-electron chi connectivity index (χ2n) is 5.22. The fraction of sp³-hybridized carbons (Fsp3) is 0.294. The van der Waals surface area contributed by atoms with Crippen molar-refractivity contribution in [2.24, 2.45) is 0 Å². The Morgan fingerprint density at radius 1 is 1.26 bits per heavy atom. The Bertz CT molecular complexity index is 721. The van der Waals surface area contributed by atoms with Crippen molar-refractivity contribution >= 4 is 23.5 Å². The molecule has 1 aromatic rings. The lowest BCUT2D eigenvalue weighted by molar-refractivity contribution is -0.138. The molecule has 0 aromatic heterocycles. The normalized spacial score (nSPS) is 17.8. The molecule has 2 rings (SSSR count). The summed E-state index contributed by atoms with van der Waals surface area (Å²) in [6.45, 7) is 5.32. The SMILES string of the molecule is CCOC(=O)C1=C(C)NC(C)=C(C(=O)O)C1c1cccc(Cl)c1. The van der Waals surface area contributed by atoms with Crippen molar-refractivity contribution in [3.63, 3.8) is 0 Å². The minimum atomic E-state index is -1.09. The number of carbonyl (C=O) groups is 2. The molecule has 122 valence electrons. The first-order chi connectivity index (χ1) is 10.9. The molecule has 1 heterocycles. The van der Waals surface area contributed by atoms with Gasteiger partial charge in [0.2, 0.25) is 0 Å². The van der Waals surface area contributed by atoms with Crippen LogP contribution in [-0.2, 0) is 14.3 Å². The molecule has 0 fully saturated rings. The maximum Gasteiger partial charge on any atom is 0.336 e. The van der Waals surface area contributed by atoms with Gasteiger partial charge in [-0.2, -0.15) is 0 Å². The van der Waals surface area contributed by atoms with Crippen LogP contribution in [-0.4, -0.2) is 23.7 Å². The molecule has 1 aromatic carbocycles. The van der Waals surface area contributed by atoms with E-state index in [2.05, 4.69) is 5.32 Å². The minimum absolute atomic E-state index is 0.112. The second-order valence-corrected chi connectivity index (χ2v) is 5.65. The molecule has 5 nitrogen and oxygen atoms in total. The summed E-state index contributed by atoms with van der Waals surface area (Å²) < 4.78 is 5.11. The Morgan fingerprint density at radius 3 is 2.48 bits per heavy atom. The van der Waals surface area contributed by atoms with E-state index in [1.54, 1.807) is 45.0 Å². The number of carboxylic acids is 1. The van der Waals surface area contributed by atoms with Gasteiger partial charge in [-0.3, -0.25) is 0 Å². The molecule has 0 aliphatic carbocycles. The topological polar surface area (TPSA) is 75.6 Å². The van der Waals surface area contributed by atoms with Crippen LogP contribution in [0, 0.1) is 0 Å². The molecule has 23 heavy (non-hydrogen) atoms. The standard InChI is InChI=1S/C17H18ClNO4/c1-4-23-17(22)14-10(3)19-9(2)13(16(20)21)15(14)11-6-5-7-12(18)8-11/h5-8,15,19H,4H2,1-3H3,(H,20,21). The molecule has 1 unspecified atom stereocenters. The number of dihydropyridines is 1. The van der Waals surface area contributed by atoms with Crippen LogP contribution in [0.15, 0.2) is 46.8 Å². The van der Waals surface area contributed by atoms with E-state index in [0.29, 0.717) is 22.0 Å². The highest BCUT2D eigenvalue weighted by Gasteiger charge is 2.37. The number of esters is 1. The van der Waals surface area contributed by atoms with Gasteiger partial charge in [-0.05, 0) is 38.5 Å². The molecule has 1 atom stereocenters. The van der Waals surface area contributed by atoms with Gasteiger partial charge in [0.1, 0.15) is 0 Å². The molecule has 1 aliphatic rings. The maximum absolute atomic E-state index is 12.4. The van der Waals surface area contributed by atoms with E-state index in [0.717, 1.165) is 0 Å². The average Bonchev–Trinajstić information content (AvgIpc) is 2.46. The van der Waals surface area contributed by atoms with Gasteiger partial charge in [-0.15, -0.1) is 0 Å². The lowest BCUT2D eigenvalue weighted by Crippen LogP contribution is -2.31. The van der Waals surface area contributed by atoms with Gasteiger partial charge in [-0.1, -0.05) is 23.7 Å². The summed E-state index contributed by atoms with van der Waals surface area (Å²) >= 11 is 6.04. The molecule has 0 saturated carbocycles. The van der Waals surface area contributed by atoms with Gasteiger partial charge < -0.3 is 15.2 Å². The number of ether oxygens (including phenoxy) is 1. The minimum Gasteiger partial charge on any atom is -0.478 e. The van der Waals surface area contributed by atoms with Crippen molar-refractivity contribution in [3.05, 3.63) is 57.4 Å². The first-order valence-electron chi connectivity index (χ1n) is 7.21. The van der Waals surface area contributed by atoms with Crippen LogP contribution in [0.3, 0.4) is 0 Å². The number of halogens is 1. The van der Waals surface area contributed by atoms with E-state index in [1.165, 1.54) is 0 Å². The van der Waals surface area contributed by atoms with Crippen LogP contribution in [0.1, 0.15) is 32.3 Å². The van der Waals surface area contributed by atoms with Crippen LogP contribution in [0.4, 0.5) is 0 Å². The highest BCUT2D eigenvalue weighted by atomic mass is 35.5. The predicted octanol–water partition coefficient (Wildman–Crippen LogP) is 3.22. The van der Waals surface area contributed by atoms with Gasteiger partial charge in [-0.25, -0.2) is 9.59 Å². The van der Waals surface area contributed by atoms with E-state index in [9.17, 15) is 14.7 Å². The van der Waals surface area contributed by atoms with E-state index >= 15 is 0 Å². The third-order valence-electron chi connectivity index (χ3n) is 3.67. The van der Waals surface area contributed by atoms with Crippen molar-refractivity contribution in [1.29, 1.82) is 0 Å². The van der Waals surface area contributed by atoms with E-state index in [4.69, 9.17) is 16.3 Å². The highest BCUT2D eigenvalue weighted by Crippen LogP contribution is 2.39. The molecule has 0 bridgehead atoms. The maximum atomic E-state index is 12.4. The second kappa shape index (κ2) is 6.87. The van der Waals surface area contributed by atoms with Crippen molar-refractivity contribution in [3.8, 4) is 0 Å². The van der Waals surface area contributed by atoms with Crippen molar-refractivity contribution in [2.45, 2.75) is 26.7 Å². The average molecular weight is 336 g/mol. The number of carbonyl (C=O) groups excluding carboxylic acids is 1. The summed E-state index contributed by atoms with van der Waals surface area (Å²) in [5.74, 6) is -2.35. The summed E-state index contributed by atoms with van der Waals surface area (Å²) in [6, 6.07) is 6.85. The molecule has 0 amide bonds. The molecule has 2 N–H and O–H groups in total. The predicted molar refractivity (Wildman–Crippen MR) is 87.0 cm³/mol. The fourth-order valence-corrected chi connectivity index (χ4v) is 2.98. The molecular formula is C17H18ClNO4. The molecule has 1 aliphatic heterocycles. The zero-order valence-electron chi connectivity index (χ0n) is 13.1. The van der Waals surface area contributed by atoms with Gasteiger partial charge >= 0.3 is 11.9 Å². The lowest BCUT2D eigenvalue weighted by atomic mass is 9.80. The molecular weight excluding hydrogens is 318 g/mol. The van der Waals surface area contributed by atoms with E-state index in [1.807, 2.05) is 0 Å². The number of hydrogen-bond donors (Lipinski definition) is 2. The number of carboxylic acid groups (broad SMARTS) is 1. The van der Waals surface area contributed by atoms with Crippen molar-refractivity contribution < 1.29 is 19.4 Å². The number of benzene rings is 1. The Labute approximate surface area is 139 Å². The summed E-state index contributed by atoms with van der Waals surface area (Å²) in [7, 11) is 0. The first kappa shape index (κ1) is 17.1. The van der Waals surface area contributed by atoms with Crippen LogP contribution >= 0.6 is 11.6 Å². The summed E-state index contributed by atoms with van der Waals surface area (Å²) in [5, 5.41) is 13.1. The highest BCUT2D eigenvalue weighted by molar-refractivity contribution is 6.30.